The van der Waals surface area contributed by atoms with Crippen LogP contribution in [0.3, 0.4) is 0 Å². The van der Waals surface area contributed by atoms with Crippen LogP contribution in [0.15, 0.2) is 36.4 Å². The summed E-state index contributed by atoms with van der Waals surface area (Å²) in [5.74, 6) is -0.981. The molecule has 0 aliphatic heterocycles. The minimum absolute atomic E-state index is 0.194. The standard InChI is InChI=1S/C20H24FNO3S/c1-13-10-11-14(19(23)22(5)26(6,24)25)12-16(13)15-8-7-9-17(18(15)21)20(2,3)4/h7-12H,1-6H3. The molecule has 0 bridgehead atoms. The van der Waals surface area contributed by atoms with E-state index in [-0.39, 0.29) is 16.8 Å². The van der Waals surface area contributed by atoms with Crippen molar-refractivity contribution in [3.05, 3.63) is 58.9 Å². The van der Waals surface area contributed by atoms with E-state index < -0.39 is 15.9 Å². The Morgan fingerprint density at radius 1 is 1.08 bits per heavy atom. The molecule has 1 amide bonds. The van der Waals surface area contributed by atoms with Crippen molar-refractivity contribution in [2.24, 2.45) is 0 Å². The van der Waals surface area contributed by atoms with Crippen molar-refractivity contribution in [2.45, 2.75) is 33.1 Å². The maximum Gasteiger partial charge on any atom is 0.267 e. The van der Waals surface area contributed by atoms with E-state index in [2.05, 4.69) is 0 Å². The molecule has 0 atom stereocenters. The van der Waals surface area contributed by atoms with Crippen LogP contribution in [0, 0.1) is 12.7 Å². The zero-order valence-corrected chi connectivity index (χ0v) is 16.7. The minimum Gasteiger partial charge on any atom is -0.268 e. The summed E-state index contributed by atoms with van der Waals surface area (Å²) >= 11 is 0. The monoisotopic (exact) mass is 377 g/mol. The first-order valence-electron chi connectivity index (χ1n) is 8.22. The van der Waals surface area contributed by atoms with Crippen LogP contribution in [0.4, 0.5) is 4.39 Å². The second-order valence-electron chi connectivity index (χ2n) is 7.48. The minimum atomic E-state index is -3.66. The Morgan fingerprint density at radius 2 is 1.69 bits per heavy atom. The number of benzene rings is 2. The fourth-order valence-electron chi connectivity index (χ4n) is 2.70. The number of sulfonamides is 1. The summed E-state index contributed by atoms with van der Waals surface area (Å²) in [5.41, 5.74) is 2.18. The van der Waals surface area contributed by atoms with Gasteiger partial charge in [0, 0.05) is 18.2 Å². The van der Waals surface area contributed by atoms with Gasteiger partial charge in [-0.05, 0) is 41.2 Å². The van der Waals surface area contributed by atoms with Gasteiger partial charge >= 0.3 is 0 Å². The molecule has 0 aliphatic rings. The molecule has 0 unspecified atom stereocenters. The van der Waals surface area contributed by atoms with Gasteiger partial charge in [-0.1, -0.05) is 45.0 Å². The Hall–Kier alpha value is -2.21. The maximum absolute atomic E-state index is 15.1. The van der Waals surface area contributed by atoms with Crippen molar-refractivity contribution in [1.82, 2.24) is 4.31 Å². The van der Waals surface area contributed by atoms with Crippen LogP contribution in [0.25, 0.3) is 11.1 Å². The first-order chi connectivity index (χ1) is 11.8. The zero-order valence-electron chi connectivity index (χ0n) is 15.9. The highest BCUT2D eigenvalue weighted by Gasteiger charge is 2.23. The molecule has 2 aromatic carbocycles. The number of aryl methyl sites for hydroxylation is 1. The van der Waals surface area contributed by atoms with Gasteiger partial charge in [0.15, 0.2) is 0 Å². The van der Waals surface area contributed by atoms with Gasteiger partial charge in [0.05, 0.1) is 6.26 Å². The van der Waals surface area contributed by atoms with E-state index in [0.717, 1.165) is 11.8 Å². The molecule has 0 N–H and O–H groups in total. The summed E-state index contributed by atoms with van der Waals surface area (Å²) in [6, 6.07) is 10.00. The van der Waals surface area contributed by atoms with Gasteiger partial charge in [0.1, 0.15) is 5.82 Å². The quantitative estimate of drug-likeness (QED) is 0.808. The van der Waals surface area contributed by atoms with Crippen LogP contribution in [0.5, 0.6) is 0 Å². The SMILES string of the molecule is Cc1ccc(C(=O)N(C)S(C)(=O)=O)cc1-c1cccc(C(C)(C)C)c1F. The van der Waals surface area contributed by atoms with Crippen molar-refractivity contribution >= 4 is 15.9 Å². The molecule has 0 aliphatic carbocycles. The summed E-state index contributed by atoms with van der Waals surface area (Å²) in [5, 5.41) is 0. The summed E-state index contributed by atoms with van der Waals surface area (Å²) in [4.78, 5) is 12.5. The van der Waals surface area contributed by atoms with E-state index in [0.29, 0.717) is 21.0 Å². The molecular weight excluding hydrogens is 353 g/mol. The van der Waals surface area contributed by atoms with Crippen LogP contribution in [0.2, 0.25) is 0 Å². The molecule has 0 spiro atoms. The summed E-state index contributed by atoms with van der Waals surface area (Å²) < 4.78 is 39.1. The number of amides is 1. The third-order valence-electron chi connectivity index (χ3n) is 4.36. The van der Waals surface area contributed by atoms with Crippen molar-refractivity contribution in [1.29, 1.82) is 0 Å². The first kappa shape index (κ1) is 20.1. The molecule has 26 heavy (non-hydrogen) atoms. The number of carbonyl (C=O) groups is 1. The van der Waals surface area contributed by atoms with Gasteiger partial charge in [-0.25, -0.2) is 17.1 Å². The second kappa shape index (κ2) is 6.83. The second-order valence-corrected chi connectivity index (χ2v) is 9.50. The molecule has 0 aromatic heterocycles. The van der Waals surface area contributed by atoms with Gasteiger partial charge in [0.2, 0.25) is 10.0 Å². The highest BCUT2D eigenvalue weighted by molar-refractivity contribution is 7.88. The van der Waals surface area contributed by atoms with Gasteiger partial charge < -0.3 is 0 Å². The van der Waals surface area contributed by atoms with Crippen molar-refractivity contribution in [2.75, 3.05) is 13.3 Å². The van der Waals surface area contributed by atoms with E-state index in [1.54, 1.807) is 36.4 Å². The number of carbonyl (C=O) groups excluding carboxylic acids is 1. The highest BCUT2D eigenvalue weighted by atomic mass is 32.2. The highest BCUT2D eigenvalue weighted by Crippen LogP contribution is 2.33. The lowest BCUT2D eigenvalue weighted by Gasteiger charge is -2.22. The van der Waals surface area contributed by atoms with Crippen molar-refractivity contribution in [3.8, 4) is 11.1 Å². The van der Waals surface area contributed by atoms with E-state index in [1.807, 2.05) is 27.7 Å². The fourth-order valence-corrected chi connectivity index (χ4v) is 3.10. The van der Waals surface area contributed by atoms with Gasteiger partial charge in [-0.2, -0.15) is 0 Å². The number of halogens is 1. The van der Waals surface area contributed by atoms with Crippen LogP contribution >= 0.6 is 0 Å². The summed E-state index contributed by atoms with van der Waals surface area (Å²) in [6.07, 6.45) is 0.965. The van der Waals surface area contributed by atoms with Gasteiger partial charge in [-0.3, -0.25) is 4.79 Å². The number of hydrogen-bond acceptors (Lipinski definition) is 3. The molecule has 0 heterocycles. The molecule has 0 saturated heterocycles. The average Bonchev–Trinajstić information content (AvgIpc) is 2.52. The smallest absolute Gasteiger partial charge is 0.267 e. The van der Waals surface area contributed by atoms with E-state index in [1.165, 1.54) is 7.05 Å². The lowest BCUT2D eigenvalue weighted by atomic mass is 9.84. The summed E-state index contributed by atoms with van der Waals surface area (Å²) in [6.45, 7) is 7.63. The van der Waals surface area contributed by atoms with E-state index >= 15 is 4.39 Å². The molecule has 0 saturated carbocycles. The van der Waals surface area contributed by atoms with Gasteiger partial charge in [0.25, 0.3) is 5.91 Å². The lowest BCUT2D eigenvalue weighted by Crippen LogP contribution is -2.32. The average molecular weight is 377 g/mol. The largest absolute Gasteiger partial charge is 0.268 e. The number of rotatable bonds is 3. The van der Waals surface area contributed by atoms with Gasteiger partial charge in [-0.15, -0.1) is 0 Å². The number of nitrogens with zero attached hydrogens (tertiary/aromatic N) is 1. The molecule has 0 fully saturated rings. The van der Waals surface area contributed by atoms with Crippen LogP contribution in [-0.2, 0) is 15.4 Å². The molecule has 0 radical (unpaired) electrons. The third kappa shape index (κ3) is 3.96. The molecule has 140 valence electrons. The number of hydrogen-bond donors (Lipinski definition) is 0. The molecule has 2 aromatic rings. The Morgan fingerprint density at radius 3 is 2.23 bits per heavy atom. The van der Waals surface area contributed by atoms with Crippen molar-refractivity contribution < 1.29 is 17.6 Å². The Kier molecular flexibility index (Phi) is 5.29. The van der Waals surface area contributed by atoms with Crippen molar-refractivity contribution in [3.63, 3.8) is 0 Å². The van der Waals surface area contributed by atoms with Crippen LogP contribution < -0.4 is 0 Å². The van der Waals surface area contributed by atoms with E-state index in [4.69, 9.17) is 0 Å². The predicted octanol–water partition coefficient (Wildman–Crippen LogP) is 4.13. The third-order valence-corrected chi connectivity index (χ3v) is 5.53. The Balaban J connectivity index is 2.62. The topological polar surface area (TPSA) is 54.5 Å². The predicted molar refractivity (Wildman–Crippen MR) is 102 cm³/mol. The van der Waals surface area contributed by atoms with Crippen LogP contribution in [-0.4, -0.2) is 31.9 Å². The molecule has 6 heteroatoms. The normalized spacial score (nSPS) is 12.1. The maximum atomic E-state index is 15.1. The first-order valence-corrected chi connectivity index (χ1v) is 10.1. The van der Waals surface area contributed by atoms with E-state index in [9.17, 15) is 13.2 Å². The fraction of sp³-hybridized carbons (Fsp3) is 0.350. The Bertz CT molecular complexity index is 960. The Labute approximate surface area is 154 Å². The summed E-state index contributed by atoms with van der Waals surface area (Å²) in [7, 11) is -2.46. The molecule has 2 rings (SSSR count). The zero-order chi connectivity index (χ0) is 19.9. The molecule has 4 nitrogen and oxygen atoms in total. The molecular formula is C20H24FNO3S. The lowest BCUT2D eigenvalue weighted by molar-refractivity contribution is 0.0884. The van der Waals surface area contributed by atoms with Crippen LogP contribution in [0.1, 0.15) is 42.3 Å².